The number of rotatable bonds is 5. The smallest absolute Gasteiger partial charge is 0.0409 e. The van der Waals surface area contributed by atoms with Crippen molar-refractivity contribution in [2.45, 2.75) is 58.7 Å². The average molecular weight is 309 g/mol. The van der Waals surface area contributed by atoms with E-state index in [1.807, 2.05) is 6.07 Å². The summed E-state index contributed by atoms with van der Waals surface area (Å²) in [5.41, 5.74) is 1.32. The first-order valence-electron chi connectivity index (χ1n) is 8.27. The van der Waals surface area contributed by atoms with Crippen LogP contribution >= 0.6 is 11.6 Å². The van der Waals surface area contributed by atoms with Gasteiger partial charge >= 0.3 is 0 Å². The summed E-state index contributed by atoms with van der Waals surface area (Å²) in [6.07, 6.45) is 2.49. The van der Waals surface area contributed by atoms with E-state index in [1.165, 1.54) is 18.4 Å². The summed E-state index contributed by atoms with van der Waals surface area (Å²) < 4.78 is 0. The molecule has 2 rings (SSSR count). The molecule has 1 aliphatic heterocycles. The summed E-state index contributed by atoms with van der Waals surface area (Å²) in [7, 11) is 0. The molecule has 0 spiro atoms. The lowest BCUT2D eigenvalue weighted by Gasteiger charge is -2.45. The first-order chi connectivity index (χ1) is 10.0. The van der Waals surface area contributed by atoms with Gasteiger partial charge < -0.3 is 5.32 Å². The molecule has 0 aromatic heterocycles. The Morgan fingerprint density at radius 3 is 2.71 bits per heavy atom. The second-order valence-electron chi connectivity index (χ2n) is 6.63. The van der Waals surface area contributed by atoms with Crippen molar-refractivity contribution < 1.29 is 0 Å². The Morgan fingerprint density at radius 1 is 1.33 bits per heavy atom. The van der Waals surface area contributed by atoms with Gasteiger partial charge in [0.05, 0.1) is 0 Å². The van der Waals surface area contributed by atoms with E-state index >= 15 is 0 Å². The normalized spacial score (nSPS) is 25.2. The minimum absolute atomic E-state index is 0.414. The van der Waals surface area contributed by atoms with Gasteiger partial charge in [-0.1, -0.05) is 50.9 Å². The highest BCUT2D eigenvalue weighted by atomic mass is 35.5. The van der Waals surface area contributed by atoms with Gasteiger partial charge in [-0.05, 0) is 37.0 Å². The molecule has 0 aliphatic carbocycles. The van der Waals surface area contributed by atoms with Crippen LogP contribution in [0.1, 0.15) is 52.1 Å². The maximum absolute atomic E-state index is 6.17. The third-order valence-electron chi connectivity index (χ3n) is 4.71. The molecule has 1 aromatic carbocycles. The van der Waals surface area contributed by atoms with Crippen molar-refractivity contribution >= 4 is 11.6 Å². The SMILES string of the molecule is CCCC1CN(C(C)c2cccc(Cl)c2)C(C(C)C)CN1. The highest BCUT2D eigenvalue weighted by molar-refractivity contribution is 6.30. The lowest BCUT2D eigenvalue weighted by Crippen LogP contribution is -2.58. The minimum Gasteiger partial charge on any atom is -0.311 e. The maximum atomic E-state index is 6.17. The number of hydrogen-bond acceptors (Lipinski definition) is 2. The fourth-order valence-electron chi connectivity index (χ4n) is 3.42. The number of nitrogens with one attached hydrogen (secondary N) is 1. The summed E-state index contributed by atoms with van der Waals surface area (Å²) in [6, 6.07) is 9.95. The van der Waals surface area contributed by atoms with E-state index in [1.54, 1.807) is 0 Å². The van der Waals surface area contributed by atoms with Crippen molar-refractivity contribution in [3.8, 4) is 0 Å². The second-order valence-corrected chi connectivity index (χ2v) is 7.07. The van der Waals surface area contributed by atoms with Crippen LogP contribution in [0.3, 0.4) is 0 Å². The van der Waals surface area contributed by atoms with Gasteiger partial charge in [-0.3, -0.25) is 4.90 Å². The topological polar surface area (TPSA) is 15.3 Å². The maximum Gasteiger partial charge on any atom is 0.0409 e. The van der Waals surface area contributed by atoms with Crippen LogP contribution < -0.4 is 5.32 Å². The highest BCUT2D eigenvalue weighted by Gasteiger charge is 2.32. The van der Waals surface area contributed by atoms with Crippen molar-refractivity contribution in [1.29, 1.82) is 0 Å². The highest BCUT2D eigenvalue weighted by Crippen LogP contribution is 2.29. The minimum atomic E-state index is 0.414. The Balaban J connectivity index is 2.18. The number of piperazine rings is 1. The molecule has 0 saturated carbocycles. The van der Waals surface area contributed by atoms with Gasteiger partial charge in [0, 0.05) is 36.2 Å². The van der Waals surface area contributed by atoms with Gasteiger partial charge in [-0.25, -0.2) is 0 Å². The van der Waals surface area contributed by atoms with Crippen LogP contribution in [0.2, 0.25) is 5.02 Å². The van der Waals surface area contributed by atoms with Gasteiger partial charge in [0.25, 0.3) is 0 Å². The predicted molar refractivity (Wildman–Crippen MR) is 91.9 cm³/mol. The van der Waals surface area contributed by atoms with Gasteiger partial charge in [0.15, 0.2) is 0 Å². The van der Waals surface area contributed by atoms with Crippen LogP contribution in [-0.4, -0.2) is 30.1 Å². The van der Waals surface area contributed by atoms with Gasteiger partial charge in [0.1, 0.15) is 0 Å². The summed E-state index contributed by atoms with van der Waals surface area (Å²) in [5, 5.41) is 4.57. The van der Waals surface area contributed by atoms with E-state index in [9.17, 15) is 0 Å². The summed E-state index contributed by atoms with van der Waals surface area (Å²) >= 11 is 6.17. The first kappa shape index (κ1) is 16.8. The Bertz CT molecular complexity index is 447. The van der Waals surface area contributed by atoms with Crippen LogP contribution in [0.5, 0.6) is 0 Å². The van der Waals surface area contributed by atoms with Crippen LogP contribution in [0.25, 0.3) is 0 Å². The zero-order chi connectivity index (χ0) is 15.4. The van der Waals surface area contributed by atoms with Crippen molar-refractivity contribution in [3.63, 3.8) is 0 Å². The predicted octanol–water partition coefficient (Wildman–Crippen LogP) is 4.50. The van der Waals surface area contributed by atoms with Crippen LogP contribution in [0.4, 0.5) is 0 Å². The fourth-order valence-corrected chi connectivity index (χ4v) is 3.62. The molecule has 1 aliphatic rings. The molecule has 0 radical (unpaired) electrons. The van der Waals surface area contributed by atoms with Gasteiger partial charge in [0.2, 0.25) is 0 Å². The summed E-state index contributed by atoms with van der Waals surface area (Å²) in [6.45, 7) is 11.4. The van der Waals surface area contributed by atoms with E-state index in [4.69, 9.17) is 11.6 Å². The van der Waals surface area contributed by atoms with E-state index in [-0.39, 0.29) is 0 Å². The van der Waals surface area contributed by atoms with Crippen LogP contribution in [0, 0.1) is 5.92 Å². The molecule has 0 bridgehead atoms. The Kier molecular flexibility index (Phi) is 6.09. The molecular formula is C18H29ClN2. The van der Waals surface area contributed by atoms with Crippen molar-refractivity contribution in [2.75, 3.05) is 13.1 Å². The lowest BCUT2D eigenvalue weighted by molar-refractivity contribution is 0.0598. The standard InChI is InChI=1S/C18H29ClN2/c1-5-7-17-12-21(18(11-20-17)13(2)3)14(4)15-8-6-9-16(19)10-15/h6,8-10,13-14,17-18,20H,5,7,11-12H2,1-4H3. The van der Waals surface area contributed by atoms with Gasteiger partial charge in [-0.2, -0.15) is 0 Å². The lowest BCUT2D eigenvalue weighted by atomic mass is 9.93. The van der Waals surface area contributed by atoms with Crippen molar-refractivity contribution in [3.05, 3.63) is 34.9 Å². The molecule has 3 atom stereocenters. The zero-order valence-electron chi connectivity index (χ0n) is 13.8. The third-order valence-corrected chi connectivity index (χ3v) is 4.94. The molecule has 1 fully saturated rings. The van der Waals surface area contributed by atoms with E-state index in [2.05, 4.69) is 56.1 Å². The quantitative estimate of drug-likeness (QED) is 0.861. The molecule has 118 valence electrons. The average Bonchev–Trinajstić information content (AvgIpc) is 2.46. The van der Waals surface area contributed by atoms with E-state index < -0.39 is 0 Å². The van der Waals surface area contributed by atoms with Crippen molar-refractivity contribution in [2.24, 2.45) is 5.92 Å². The number of benzene rings is 1. The number of halogens is 1. The Labute approximate surface area is 134 Å². The van der Waals surface area contributed by atoms with E-state index in [0.29, 0.717) is 24.0 Å². The molecule has 21 heavy (non-hydrogen) atoms. The molecule has 1 saturated heterocycles. The van der Waals surface area contributed by atoms with Crippen LogP contribution in [0.15, 0.2) is 24.3 Å². The number of nitrogens with zero attached hydrogens (tertiary/aromatic N) is 1. The first-order valence-corrected chi connectivity index (χ1v) is 8.65. The molecule has 2 nitrogen and oxygen atoms in total. The number of hydrogen-bond donors (Lipinski definition) is 1. The third kappa shape index (κ3) is 4.21. The molecule has 1 N–H and O–H groups in total. The zero-order valence-corrected chi connectivity index (χ0v) is 14.5. The molecular weight excluding hydrogens is 280 g/mol. The van der Waals surface area contributed by atoms with Crippen molar-refractivity contribution in [1.82, 2.24) is 10.2 Å². The Morgan fingerprint density at radius 2 is 2.10 bits per heavy atom. The summed E-state index contributed by atoms with van der Waals surface area (Å²) in [5.74, 6) is 0.654. The molecule has 1 heterocycles. The monoisotopic (exact) mass is 308 g/mol. The molecule has 3 unspecified atom stereocenters. The molecule has 0 amide bonds. The fraction of sp³-hybridized carbons (Fsp3) is 0.667. The van der Waals surface area contributed by atoms with Crippen LogP contribution in [-0.2, 0) is 0 Å². The molecule has 1 aromatic rings. The largest absolute Gasteiger partial charge is 0.311 e. The van der Waals surface area contributed by atoms with Gasteiger partial charge in [-0.15, -0.1) is 0 Å². The van der Waals surface area contributed by atoms with E-state index in [0.717, 1.165) is 18.1 Å². The summed E-state index contributed by atoms with van der Waals surface area (Å²) in [4.78, 5) is 2.67. The Hall–Kier alpha value is -0.570. The second kappa shape index (κ2) is 7.62. The molecule has 3 heteroatoms.